The van der Waals surface area contributed by atoms with Crippen LogP contribution in [-0.2, 0) is 0 Å². The second-order valence-electron chi connectivity index (χ2n) is 6.69. The number of nitrogens with zero attached hydrogens (tertiary/aromatic N) is 4. The predicted octanol–water partition coefficient (Wildman–Crippen LogP) is 3.36. The largest absolute Gasteiger partial charge is 0.339 e. The molecule has 0 fully saturated rings. The third-order valence-electron chi connectivity index (χ3n) is 4.34. The van der Waals surface area contributed by atoms with Crippen LogP contribution in [0.5, 0.6) is 0 Å². The molecule has 0 saturated heterocycles. The van der Waals surface area contributed by atoms with Crippen molar-refractivity contribution in [1.82, 2.24) is 25.5 Å². The fraction of sp³-hybridized carbons (Fsp3) is 0.263. The molecule has 28 heavy (non-hydrogen) atoms. The van der Waals surface area contributed by atoms with E-state index in [-0.39, 0.29) is 5.56 Å². The molecule has 1 aromatic heterocycles. The smallest absolute Gasteiger partial charge is 0.263 e. The molecule has 3 rings (SSSR count). The summed E-state index contributed by atoms with van der Waals surface area (Å²) in [7, 11) is 0. The van der Waals surface area contributed by atoms with Crippen molar-refractivity contribution in [3.8, 4) is 16.8 Å². The molecule has 0 aliphatic heterocycles. The Morgan fingerprint density at radius 1 is 1.18 bits per heavy atom. The Morgan fingerprint density at radius 3 is 2.46 bits per heavy atom. The van der Waals surface area contributed by atoms with Crippen molar-refractivity contribution in [2.24, 2.45) is 0 Å². The van der Waals surface area contributed by atoms with Gasteiger partial charge in [-0.05, 0) is 53.6 Å². The van der Waals surface area contributed by atoms with E-state index in [9.17, 15) is 18.0 Å². The number of alkyl halides is 3. The first-order valence-electron chi connectivity index (χ1n) is 8.44. The van der Waals surface area contributed by atoms with Gasteiger partial charge in [0.2, 0.25) is 0 Å². The molecule has 1 N–H and O–H groups in total. The molecule has 1 heterocycles. The summed E-state index contributed by atoms with van der Waals surface area (Å²) in [6.07, 6.45) is -1.71. The lowest BCUT2D eigenvalue weighted by Gasteiger charge is -2.26. The van der Waals surface area contributed by atoms with Gasteiger partial charge in [-0.2, -0.15) is 0 Å². The van der Waals surface area contributed by atoms with Crippen LogP contribution >= 0.6 is 0 Å². The fourth-order valence-corrected chi connectivity index (χ4v) is 2.54. The number of rotatable bonds is 6. The van der Waals surface area contributed by atoms with Gasteiger partial charge >= 0.3 is 0 Å². The highest BCUT2D eigenvalue weighted by molar-refractivity contribution is 5.96. The molecular weight excluding hydrogens is 371 g/mol. The zero-order chi connectivity index (χ0) is 20.3. The minimum absolute atomic E-state index is 0.0869. The monoisotopic (exact) mass is 389 g/mol. The summed E-state index contributed by atoms with van der Waals surface area (Å²) < 4.78 is 40.8. The number of aromatic nitrogens is 4. The van der Waals surface area contributed by atoms with Crippen LogP contribution in [0.2, 0.25) is 0 Å². The second kappa shape index (κ2) is 7.79. The van der Waals surface area contributed by atoms with Gasteiger partial charge in [-0.1, -0.05) is 29.8 Å². The Kier molecular flexibility index (Phi) is 5.43. The van der Waals surface area contributed by atoms with Crippen molar-refractivity contribution < 1.29 is 18.0 Å². The zero-order valence-electron chi connectivity index (χ0n) is 15.2. The molecule has 9 heteroatoms. The minimum Gasteiger partial charge on any atom is -0.339 e. The second-order valence-corrected chi connectivity index (χ2v) is 6.69. The third-order valence-corrected chi connectivity index (χ3v) is 4.34. The minimum atomic E-state index is -3.05. The molecule has 2 aromatic carbocycles. The molecule has 1 amide bonds. The normalized spacial score (nSPS) is 13.4. The van der Waals surface area contributed by atoms with Gasteiger partial charge in [0, 0.05) is 5.56 Å². The summed E-state index contributed by atoms with van der Waals surface area (Å²) in [6, 6.07) is 12.3. The van der Waals surface area contributed by atoms with Crippen molar-refractivity contribution in [2.75, 3.05) is 6.67 Å². The predicted molar refractivity (Wildman–Crippen MR) is 97.2 cm³/mol. The SMILES string of the molecule is Cc1ccc(-c2cc(C(=O)NC(C)(CF)C(F)F)cc(-n3cnnn3)c2)cc1. The summed E-state index contributed by atoms with van der Waals surface area (Å²) in [5.41, 5.74) is 0.824. The quantitative estimate of drug-likeness (QED) is 0.702. The maximum absolute atomic E-state index is 13.2. The van der Waals surface area contributed by atoms with E-state index in [4.69, 9.17) is 0 Å². The van der Waals surface area contributed by atoms with Crippen LogP contribution in [-0.4, -0.2) is 44.8 Å². The summed E-state index contributed by atoms with van der Waals surface area (Å²) >= 11 is 0. The Hall–Kier alpha value is -3.23. The highest BCUT2D eigenvalue weighted by Gasteiger charge is 2.37. The van der Waals surface area contributed by atoms with E-state index in [1.165, 1.54) is 17.1 Å². The van der Waals surface area contributed by atoms with E-state index in [0.29, 0.717) is 11.3 Å². The van der Waals surface area contributed by atoms with Crippen molar-refractivity contribution in [3.63, 3.8) is 0 Å². The number of benzene rings is 2. The van der Waals surface area contributed by atoms with Crippen molar-refractivity contribution in [3.05, 3.63) is 59.9 Å². The molecule has 146 valence electrons. The summed E-state index contributed by atoms with van der Waals surface area (Å²) in [6.45, 7) is 1.51. The van der Waals surface area contributed by atoms with Gasteiger partial charge < -0.3 is 5.32 Å². The molecule has 0 bridgehead atoms. The number of tetrazole rings is 1. The zero-order valence-corrected chi connectivity index (χ0v) is 15.2. The van der Waals surface area contributed by atoms with Crippen molar-refractivity contribution >= 4 is 5.91 Å². The number of halogens is 3. The van der Waals surface area contributed by atoms with E-state index in [1.54, 1.807) is 12.1 Å². The van der Waals surface area contributed by atoms with Crippen LogP contribution in [0.3, 0.4) is 0 Å². The lowest BCUT2D eigenvalue weighted by Crippen LogP contribution is -2.53. The van der Waals surface area contributed by atoms with E-state index in [2.05, 4.69) is 20.8 Å². The summed E-state index contributed by atoms with van der Waals surface area (Å²) in [5.74, 6) is -0.816. The Bertz CT molecular complexity index is 960. The maximum Gasteiger partial charge on any atom is 0.263 e. The van der Waals surface area contributed by atoms with E-state index < -0.39 is 24.5 Å². The number of nitrogens with one attached hydrogen (secondary N) is 1. The van der Waals surface area contributed by atoms with Crippen LogP contribution in [0.1, 0.15) is 22.8 Å². The Labute approximate surface area is 159 Å². The van der Waals surface area contributed by atoms with Gasteiger partial charge in [-0.25, -0.2) is 17.9 Å². The molecule has 0 saturated carbocycles. The number of amides is 1. The highest BCUT2D eigenvalue weighted by Crippen LogP contribution is 2.25. The van der Waals surface area contributed by atoms with Gasteiger partial charge in [0.15, 0.2) is 0 Å². The average molecular weight is 389 g/mol. The highest BCUT2D eigenvalue weighted by atomic mass is 19.3. The fourth-order valence-electron chi connectivity index (χ4n) is 2.54. The van der Waals surface area contributed by atoms with E-state index in [0.717, 1.165) is 18.1 Å². The van der Waals surface area contributed by atoms with Crippen molar-refractivity contribution in [2.45, 2.75) is 25.8 Å². The number of hydrogen-bond acceptors (Lipinski definition) is 4. The van der Waals surface area contributed by atoms with Crippen LogP contribution in [0.4, 0.5) is 13.2 Å². The molecule has 3 aromatic rings. The lowest BCUT2D eigenvalue weighted by atomic mass is 9.99. The first-order chi connectivity index (χ1) is 13.3. The number of aryl methyl sites for hydroxylation is 1. The first-order valence-corrected chi connectivity index (χ1v) is 8.44. The van der Waals surface area contributed by atoms with Crippen molar-refractivity contribution in [1.29, 1.82) is 0 Å². The maximum atomic E-state index is 13.2. The summed E-state index contributed by atoms with van der Waals surface area (Å²) in [5, 5.41) is 13.0. The number of carbonyl (C=O) groups excluding carboxylic acids is 1. The van der Waals surface area contributed by atoms with Crippen LogP contribution in [0, 0.1) is 6.92 Å². The molecular formula is C19H18F3N5O. The summed E-state index contributed by atoms with van der Waals surface area (Å²) in [4.78, 5) is 12.6. The third kappa shape index (κ3) is 4.03. The van der Waals surface area contributed by atoms with E-state index >= 15 is 0 Å². The lowest BCUT2D eigenvalue weighted by molar-refractivity contribution is 0.0239. The Morgan fingerprint density at radius 2 is 1.89 bits per heavy atom. The number of hydrogen-bond donors (Lipinski definition) is 1. The van der Waals surface area contributed by atoms with Crippen LogP contribution in [0.15, 0.2) is 48.8 Å². The van der Waals surface area contributed by atoms with Gasteiger partial charge in [0.05, 0.1) is 5.69 Å². The van der Waals surface area contributed by atoms with Crippen LogP contribution < -0.4 is 5.32 Å². The molecule has 0 spiro atoms. The molecule has 0 aliphatic rings. The van der Waals surface area contributed by atoms with Gasteiger partial charge in [0.1, 0.15) is 18.5 Å². The standard InChI is InChI=1S/C19H18F3N5O/c1-12-3-5-13(6-4-12)14-7-15(9-16(8-14)27-11-23-25-26-27)17(28)24-19(2,10-20)18(21)22/h3-9,11,18H,10H2,1-2H3,(H,24,28). The molecule has 6 nitrogen and oxygen atoms in total. The van der Waals surface area contributed by atoms with Gasteiger partial charge in [-0.3, -0.25) is 4.79 Å². The average Bonchev–Trinajstić information content (AvgIpc) is 3.22. The van der Waals surface area contributed by atoms with E-state index in [1.807, 2.05) is 31.2 Å². The molecule has 0 aliphatic carbocycles. The molecule has 0 radical (unpaired) electrons. The number of carbonyl (C=O) groups is 1. The topological polar surface area (TPSA) is 72.7 Å². The van der Waals surface area contributed by atoms with Gasteiger partial charge in [0.25, 0.3) is 12.3 Å². The van der Waals surface area contributed by atoms with Crippen LogP contribution in [0.25, 0.3) is 16.8 Å². The molecule has 1 unspecified atom stereocenters. The Balaban J connectivity index is 2.05. The van der Waals surface area contributed by atoms with Gasteiger partial charge in [-0.15, -0.1) is 5.10 Å². The first kappa shape index (κ1) is 19.5. The molecule has 1 atom stereocenters.